The van der Waals surface area contributed by atoms with Crippen LogP contribution in [0.3, 0.4) is 0 Å². The SMILES string of the molecule is c1ccc2c(c1)CCCc1cc3cccnc3nc1-2. The fraction of sp³-hybridized carbons (Fsp3) is 0.176. The van der Waals surface area contributed by atoms with Crippen molar-refractivity contribution in [3.63, 3.8) is 0 Å². The van der Waals surface area contributed by atoms with Crippen molar-refractivity contribution in [3.8, 4) is 11.3 Å². The van der Waals surface area contributed by atoms with Crippen LogP contribution in [0.25, 0.3) is 22.3 Å². The second-order valence-electron chi connectivity index (χ2n) is 5.06. The maximum Gasteiger partial charge on any atom is 0.159 e. The molecular formula is C17H14N2. The molecule has 3 aromatic rings. The molecule has 1 aliphatic carbocycles. The van der Waals surface area contributed by atoms with E-state index in [9.17, 15) is 0 Å². The summed E-state index contributed by atoms with van der Waals surface area (Å²) in [6.07, 6.45) is 5.24. The molecule has 2 heterocycles. The Morgan fingerprint density at radius 1 is 0.895 bits per heavy atom. The molecule has 1 aromatic carbocycles. The number of hydrogen-bond acceptors (Lipinski definition) is 2. The summed E-state index contributed by atoms with van der Waals surface area (Å²) in [5.74, 6) is 0. The van der Waals surface area contributed by atoms with Crippen molar-refractivity contribution in [2.75, 3.05) is 0 Å². The van der Waals surface area contributed by atoms with Crippen molar-refractivity contribution in [1.29, 1.82) is 0 Å². The van der Waals surface area contributed by atoms with E-state index in [-0.39, 0.29) is 0 Å². The van der Waals surface area contributed by atoms with Gasteiger partial charge >= 0.3 is 0 Å². The molecule has 4 rings (SSSR count). The van der Waals surface area contributed by atoms with Crippen molar-refractivity contribution >= 4 is 11.0 Å². The number of nitrogens with zero attached hydrogens (tertiary/aromatic N) is 2. The number of rotatable bonds is 0. The first kappa shape index (κ1) is 10.7. The van der Waals surface area contributed by atoms with E-state index in [0.29, 0.717) is 0 Å². The van der Waals surface area contributed by atoms with Crippen molar-refractivity contribution < 1.29 is 0 Å². The van der Waals surface area contributed by atoms with Crippen molar-refractivity contribution in [3.05, 3.63) is 59.8 Å². The summed E-state index contributed by atoms with van der Waals surface area (Å²) >= 11 is 0. The quantitative estimate of drug-likeness (QED) is 0.603. The lowest BCUT2D eigenvalue weighted by Gasteiger charge is -2.09. The lowest BCUT2D eigenvalue weighted by atomic mass is 10.0. The van der Waals surface area contributed by atoms with E-state index in [1.54, 1.807) is 0 Å². The molecule has 92 valence electrons. The number of benzene rings is 1. The van der Waals surface area contributed by atoms with Crippen LogP contribution in [0.4, 0.5) is 0 Å². The molecule has 0 saturated heterocycles. The Labute approximate surface area is 112 Å². The Bertz CT molecular complexity index is 762. The van der Waals surface area contributed by atoms with Crippen molar-refractivity contribution in [2.45, 2.75) is 19.3 Å². The topological polar surface area (TPSA) is 25.8 Å². The number of aryl methyl sites for hydroxylation is 2. The number of fused-ring (bicyclic) bond motifs is 4. The normalized spacial score (nSPS) is 13.7. The van der Waals surface area contributed by atoms with Crippen LogP contribution in [0.5, 0.6) is 0 Å². The Hall–Kier alpha value is -2.22. The van der Waals surface area contributed by atoms with E-state index in [0.717, 1.165) is 29.6 Å². The van der Waals surface area contributed by atoms with Gasteiger partial charge in [-0.1, -0.05) is 24.3 Å². The fourth-order valence-corrected chi connectivity index (χ4v) is 2.91. The maximum absolute atomic E-state index is 4.81. The highest BCUT2D eigenvalue weighted by Gasteiger charge is 2.16. The number of hydrogen-bond donors (Lipinski definition) is 0. The summed E-state index contributed by atoms with van der Waals surface area (Å²) in [4.78, 5) is 9.19. The van der Waals surface area contributed by atoms with Crippen molar-refractivity contribution in [1.82, 2.24) is 9.97 Å². The largest absolute Gasteiger partial charge is 0.237 e. The van der Waals surface area contributed by atoms with Gasteiger partial charge in [-0.15, -0.1) is 0 Å². The minimum absolute atomic E-state index is 0.845. The molecular weight excluding hydrogens is 232 g/mol. The van der Waals surface area contributed by atoms with E-state index in [1.165, 1.54) is 23.1 Å². The van der Waals surface area contributed by atoms with E-state index in [4.69, 9.17) is 4.98 Å². The van der Waals surface area contributed by atoms with E-state index >= 15 is 0 Å². The van der Waals surface area contributed by atoms with Crippen LogP contribution in [0.15, 0.2) is 48.7 Å². The zero-order valence-corrected chi connectivity index (χ0v) is 10.6. The van der Waals surface area contributed by atoms with Gasteiger partial charge in [0.05, 0.1) is 5.69 Å². The average Bonchev–Trinajstić information content (AvgIpc) is 2.64. The molecule has 19 heavy (non-hydrogen) atoms. The zero-order valence-electron chi connectivity index (χ0n) is 10.6. The number of pyridine rings is 2. The van der Waals surface area contributed by atoms with Crippen LogP contribution < -0.4 is 0 Å². The highest BCUT2D eigenvalue weighted by Crippen LogP contribution is 2.32. The highest BCUT2D eigenvalue weighted by atomic mass is 14.8. The maximum atomic E-state index is 4.81. The van der Waals surface area contributed by atoms with Crippen LogP contribution in [0.2, 0.25) is 0 Å². The molecule has 2 aromatic heterocycles. The molecule has 0 amide bonds. The molecule has 2 heteroatoms. The molecule has 0 unspecified atom stereocenters. The van der Waals surface area contributed by atoms with Gasteiger partial charge in [-0.2, -0.15) is 0 Å². The Kier molecular flexibility index (Phi) is 2.34. The second-order valence-corrected chi connectivity index (χ2v) is 5.06. The highest BCUT2D eigenvalue weighted by molar-refractivity contribution is 5.81. The fourth-order valence-electron chi connectivity index (χ4n) is 2.91. The third kappa shape index (κ3) is 1.72. The summed E-state index contributed by atoms with van der Waals surface area (Å²) in [5.41, 5.74) is 6.01. The Morgan fingerprint density at radius 2 is 1.79 bits per heavy atom. The molecule has 1 aliphatic rings. The predicted molar refractivity (Wildman–Crippen MR) is 77.0 cm³/mol. The van der Waals surface area contributed by atoms with Gasteiger partial charge in [-0.3, -0.25) is 0 Å². The van der Waals surface area contributed by atoms with Gasteiger partial charge in [-0.25, -0.2) is 9.97 Å². The molecule has 0 bridgehead atoms. The Morgan fingerprint density at radius 3 is 2.79 bits per heavy atom. The van der Waals surface area contributed by atoms with Gasteiger partial charge in [0, 0.05) is 17.1 Å². The summed E-state index contributed by atoms with van der Waals surface area (Å²) in [6.45, 7) is 0. The zero-order chi connectivity index (χ0) is 12.7. The van der Waals surface area contributed by atoms with Gasteiger partial charge < -0.3 is 0 Å². The number of aromatic nitrogens is 2. The first-order chi connectivity index (χ1) is 9.42. The van der Waals surface area contributed by atoms with E-state index in [2.05, 4.69) is 41.4 Å². The minimum Gasteiger partial charge on any atom is -0.237 e. The Balaban J connectivity index is 2.06. The molecule has 2 nitrogen and oxygen atoms in total. The molecule has 0 N–H and O–H groups in total. The van der Waals surface area contributed by atoms with Crippen LogP contribution >= 0.6 is 0 Å². The van der Waals surface area contributed by atoms with Gasteiger partial charge in [0.15, 0.2) is 5.65 Å². The minimum atomic E-state index is 0.845. The molecule has 0 spiro atoms. The lowest BCUT2D eigenvalue weighted by molar-refractivity contribution is 0.834. The van der Waals surface area contributed by atoms with Gasteiger partial charge in [0.2, 0.25) is 0 Å². The monoisotopic (exact) mass is 246 g/mol. The van der Waals surface area contributed by atoms with Gasteiger partial charge in [0.1, 0.15) is 0 Å². The summed E-state index contributed by atoms with van der Waals surface area (Å²) < 4.78 is 0. The third-order valence-corrected chi connectivity index (χ3v) is 3.83. The van der Waals surface area contributed by atoms with E-state index < -0.39 is 0 Å². The van der Waals surface area contributed by atoms with Crippen molar-refractivity contribution in [2.24, 2.45) is 0 Å². The third-order valence-electron chi connectivity index (χ3n) is 3.83. The molecule has 0 fully saturated rings. The summed E-state index contributed by atoms with van der Waals surface area (Å²) in [5, 5.41) is 1.14. The van der Waals surface area contributed by atoms with Crippen LogP contribution in [0, 0.1) is 0 Å². The van der Waals surface area contributed by atoms with Crippen LogP contribution in [-0.4, -0.2) is 9.97 Å². The molecule has 0 radical (unpaired) electrons. The standard InChI is InChI=1S/C17H14N2/c1-2-9-15-12(5-1)6-3-7-13-11-14-8-4-10-18-17(14)19-16(13)15/h1-2,4-5,8-11H,3,6-7H2. The summed E-state index contributed by atoms with van der Waals surface area (Å²) in [6, 6.07) is 14.9. The summed E-state index contributed by atoms with van der Waals surface area (Å²) in [7, 11) is 0. The average molecular weight is 246 g/mol. The predicted octanol–water partition coefficient (Wildman–Crippen LogP) is 3.79. The van der Waals surface area contributed by atoms with Crippen LogP contribution in [-0.2, 0) is 12.8 Å². The van der Waals surface area contributed by atoms with Gasteiger partial charge in [0.25, 0.3) is 0 Å². The van der Waals surface area contributed by atoms with Crippen LogP contribution in [0.1, 0.15) is 17.5 Å². The second kappa shape index (κ2) is 4.16. The smallest absolute Gasteiger partial charge is 0.159 e. The first-order valence-electron chi connectivity index (χ1n) is 6.75. The van der Waals surface area contributed by atoms with Gasteiger partial charge in [-0.05, 0) is 48.6 Å². The molecule has 0 atom stereocenters. The first-order valence-corrected chi connectivity index (χ1v) is 6.75. The molecule has 0 aliphatic heterocycles. The van der Waals surface area contributed by atoms with E-state index in [1.807, 2.05) is 12.3 Å². The molecule has 0 saturated carbocycles. The lowest BCUT2D eigenvalue weighted by Crippen LogP contribution is -1.94.